The lowest BCUT2D eigenvalue weighted by Crippen LogP contribution is -2.48. The van der Waals surface area contributed by atoms with E-state index in [0.717, 1.165) is 73.4 Å². The minimum Gasteiger partial charge on any atom is -0.456 e. The predicted molar refractivity (Wildman–Crippen MR) is 207 cm³/mol. The maximum Gasteiger partial charge on any atom is 0.228 e. The summed E-state index contributed by atoms with van der Waals surface area (Å²) in [4.78, 5) is 7.21. The molecule has 2 aromatic heterocycles. The molecule has 8 aromatic rings. The van der Waals surface area contributed by atoms with Gasteiger partial charge < -0.3 is 13.7 Å². The van der Waals surface area contributed by atoms with Crippen molar-refractivity contribution in [2.45, 2.75) is 43.9 Å². The monoisotopic (exact) mass is 662 g/mol. The fourth-order valence-corrected chi connectivity index (χ4v) is 10.4. The molecule has 0 radical (unpaired) electrons. The Hall–Kier alpha value is -5.61. The van der Waals surface area contributed by atoms with Gasteiger partial charge in [0, 0.05) is 39.5 Å². The van der Waals surface area contributed by atoms with E-state index in [1.54, 1.807) is 5.56 Å². The van der Waals surface area contributed by atoms with Crippen LogP contribution >= 0.6 is 0 Å². The van der Waals surface area contributed by atoms with Crippen molar-refractivity contribution < 1.29 is 8.83 Å². The van der Waals surface area contributed by atoms with Crippen LogP contribution in [0.1, 0.15) is 44.1 Å². The third kappa shape index (κ3) is 4.76. The quantitative estimate of drug-likeness (QED) is 0.178. The first-order valence-corrected chi connectivity index (χ1v) is 18.5. The molecule has 0 unspecified atom stereocenters. The Labute approximate surface area is 297 Å². The number of aromatic nitrogens is 1. The number of hydrogen-bond acceptors (Lipinski definition) is 4. The number of rotatable bonds is 6. The zero-order chi connectivity index (χ0) is 33.5. The summed E-state index contributed by atoms with van der Waals surface area (Å²) >= 11 is 0. The van der Waals surface area contributed by atoms with Crippen molar-refractivity contribution >= 4 is 50.1 Å². The molecule has 4 saturated carbocycles. The molecule has 6 aromatic carbocycles. The van der Waals surface area contributed by atoms with Crippen molar-refractivity contribution in [2.75, 3.05) is 4.90 Å². The van der Waals surface area contributed by atoms with E-state index in [1.165, 1.54) is 49.7 Å². The molecule has 2 heterocycles. The van der Waals surface area contributed by atoms with Crippen molar-refractivity contribution in [1.29, 1.82) is 0 Å². The molecule has 4 fully saturated rings. The van der Waals surface area contributed by atoms with Gasteiger partial charge in [-0.15, -0.1) is 0 Å². The topological polar surface area (TPSA) is 42.4 Å². The second-order valence-electron chi connectivity index (χ2n) is 15.4. The highest BCUT2D eigenvalue weighted by Gasteiger charge is 2.51. The molecule has 4 heteroatoms. The Morgan fingerprint density at radius 2 is 1.20 bits per heavy atom. The lowest BCUT2D eigenvalue weighted by atomic mass is 9.48. The van der Waals surface area contributed by atoms with Gasteiger partial charge in [0.15, 0.2) is 5.58 Å². The Morgan fingerprint density at radius 3 is 1.98 bits per heavy atom. The third-order valence-electron chi connectivity index (χ3n) is 12.3. The van der Waals surface area contributed by atoms with Gasteiger partial charge in [0.05, 0.1) is 0 Å². The molecular formula is C47H38N2O2. The van der Waals surface area contributed by atoms with Crippen LogP contribution in [0.3, 0.4) is 0 Å². The van der Waals surface area contributed by atoms with E-state index in [0.29, 0.717) is 11.3 Å². The minimum absolute atomic E-state index is 0.366. The highest BCUT2D eigenvalue weighted by Crippen LogP contribution is 2.61. The fourth-order valence-electron chi connectivity index (χ4n) is 10.4. The number of fused-ring (bicyclic) bond motifs is 4. The van der Waals surface area contributed by atoms with Gasteiger partial charge >= 0.3 is 0 Å². The van der Waals surface area contributed by atoms with Gasteiger partial charge in [0.1, 0.15) is 16.7 Å². The van der Waals surface area contributed by atoms with Gasteiger partial charge in [0.2, 0.25) is 5.89 Å². The Bertz CT molecular complexity index is 2510. The highest BCUT2D eigenvalue weighted by molar-refractivity contribution is 6.12. The Balaban J connectivity index is 1.03. The normalized spacial score (nSPS) is 22.3. The molecule has 51 heavy (non-hydrogen) atoms. The number of para-hydroxylation sites is 2. The summed E-state index contributed by atoms with van der Waals surface area (Å²) in [6, 6.07) is 49.8. The molecular weight excluding hydrogens is 625 g/mol. The minimum atomic E-state index is 0.366. The average Bonchev–Trinajstić information content (AvgIpc) is 3.77. The number of anilines is 3. The van der Waals surface area contributed by atoms with E-state index in [-0.39, 0.29) is 0 Å². The lowest BCUT2D eigenvalue weighted by Gasteiger charge is -2.57. The van der Waals surface area contributed by atoms with E-state index in [2.05, 4.69) is 108 Å². The second kappa shape index (κ2) is 11.2. The van der Waals surface area contributed by atoms with Gasteiger partial charge in [-0.1, -0.05) is 72.8 Å². The molecule has 4 bridgehead atoms. The molecule has 4 aliphatic carbocycles. The smallest absolute Gasteiger partial charge is 0.228 e. The predicted octanol–water partition coefficient (Wildman–Crippen LogP) is 13.0. The van der Waals surface area contributed by atoms with Crippen LogP contribution in [-0.2, 0) is 5.41 Å². The zero-order valence-electron chi connectivity index (χ0n) is 28.5. The SMILES string of the molecule is c1ccc(-c2cccc(N(c3ccc(C45CC6CC(CC(C6)C4)C5)cc3)c3ccc4c(c3)oc3cccc(-c5nc6ccccc6o5)c34)c2)cc1. The number of hydrogen-bond donors (Lipinski definition) is 0. The van der Waals surface area contributed by atoms with Crippen molar-refractivity contribution in [3.63, 3.8) is 0 Å². The molecule has 4 aliphatic rings. The van der Waals surface area contributed by atoms with Crippen LogP contribution in [0.15, 0.2) is 148 Å². The molecule has 0 atom stereocenters. The second-order valence-corrected chi connectivity index (χ2v) is 15.4. The van der Waals surface area contributed by atoms with Crippen LogP contribution < -0.4 is 4.90 Å². The van der Waals surface area contributed by atoms with Crippen molar-refractivity contribution in [2.24, 2.45) is 17.8 Å². The van der Waals surface area contributed by atoms with Crippen LogP contribution in [0.4, 0.5) is 17.1 Å². The van der Waals surface area contributed by atoms with Gasteiger partial charge in [-0.25, -0.2) is 4.98 Å². The third-order valence-corrected chi connectivity index (χ3v) is 12.3. The summed E-state index contributed by atoms with van der Waals surface area (Å²) in [6.45, 7) is 0. The van der Waals surface area contributed by atoms with Crippen LogP contribution in [0.25, 0.3) is 55.6 Å². The van der Waals surface area contributed by atoms with E-state index in [9.17, 15) is 0 Å². The fraction of sp³-hybridized carbons (Fsp3) is 0.213. The first-order chi connectivity index (χ1) is 25.2. The van der Waals surface area contributed by atoms with Crippen LogP contribution in [0, 0.1) is 17.8 Å². The van der Waals surface area contributed by atoms with E-state index in [4.69, 9.17) is 13.8 Å². The summed E-state index contributed by atoms with van der Waals surface area (Å²) in [5, 5.41) is 2.06. The van der Waals surface area contributed by atoms with Crippen molar-refractivity contribution in [3.8, 4) is 22.6 Å². The number of oxazole rings is 1. The van der Waals surface area contributed by atoms with Gasteiger partial charge in [-0.2, -0.15) is 0 Å². The van der Waals surface area contributed by atoms with Crippen LogP contribution in [-0.4, -0.2) is 4.98 Å². The summed E-state index contributed by atoms with van der Waals surface area (Å²) in [7, 11) is 0. The number of furan rings is 1. The zero-order valence-corrected chi connectivity index (χ0v) is 28.5. The summed E-state index contributed by atoms with van der Waals surface area (Å²) in [5.74, 6) is 3.37. The van der Waals surface area contributed by atoms with E-state index in [1.807, 2.05) is 36.4 Å². The van der Waals surface area contributed by atoms with Crippen molar-refractivity contribution in [1.82, 2.24) is 4.98 Å². The molecule has 0 N–H and O–H groups in total. The molecule has 12 rings (SSSR count). The van der Waals surface area contributed by atoms with E-state index < -0.39 is 0 Å². The van der Waals surface area contributed by atoms with Gasteiger partial charge in [-0.3, -0.25) is 0 Å². The first kappa shape index (κ1) is 29.2. The van der Waals surface area contributed by atoms with Crippen LogP contribution in [0.5, 0.6) is 0 Å². The maximum atomic E-state index is 6.61. The summed E-state index contributed by atoms with van der Waals surface area (Å²) in [5.41, 5.74) is 11.8. The van der Waals surface area contributed by atoms with Gasteiger partial charge in [-0.05, 0) is 139 Å². The molecule has 248 valence electrons. The van der Waals surface area contributed by atoms with Gasteiger partial charge in [0.25, 0.3) is 0 Å². The Kier molecular flexibility index (Phi) is 6.40. The molecule has 0 amide bonds. The Morgan fingerprint density at radius 1 is 0.529 bits per heavy atom. The summed E-state index contributed by atoms with van der Waals surface area (Å²) in [6.07, 6.45) is 8.50. The first-order valence-electron chi connectivity index (χ1n) is 18.5. The van der Waals surface area contributed by atoms with Crippen molar-refractivity contribution in [3.05, 3.63) is 145 Å². The summed E-state index contributed by atoms with van der Waals surface area (Å²) < 4.78 is 12.8. The molecule has 0 spiro atoms. The number of benzene rings is 6. The highest BCUT2D eigenvalue weighted by atomic mass is 16.3. The maximum absolute atomic E-state index is 6.61. The van der Waals surface area contributed by atoms with E-state index >= 15 is 0 Å². The molecule has 0 saturated heterocycles. The molecule has 0 aliphatic heterocycles. The standard InChI is InChI=1S/C47H38N2O2/c1-2-8-33(9-3-1)34-10-6-11-37(25-34)49(36-18-16-35(17-19-36)47-27-30-22-31(28-47)24-32(23-30)29-47)38-20-21-39-44(26-38)50-43-15-7-12-40(45(39)43)46-48-41-13-4-5-14-42(41)51-46/h1-21,25-26,30-32H,22-24,27-29H2. The lowest BCUT2D eigenvalue weighted by molar-refractivity contribution is -0.00518. The number of nitrogens with zero attached hydrogens (tertiary/aromatic N) is 2. The average molecular weight is 663 g/mol. The van der Waals surface area contributed by atoms with Crippen LogP contribution in [0.2, 0.25) is 0 Å². The largest absolute Gasteiger partial charge is 0.456 e. The molecule has 4 nitrogen and oxygen atoms in total.